The molecule has 0 aliphatic heterocycles. The highest BCUT2D eigenvalue weighted by Gasteiger charge is 2.18. The fraction of sp³-hybridized carbons (Fsp3) is 0.600. The van der Waals surface area contributed by atoms with Gasteiger partial charge in [-0.05, 0) is 43.9 Å². The highest BCUT2D eigenvalue weighted by molar-refractivity contribution is 5.91. The fourth-order valence-electron chi connectivity index (χ4n) is 1.92. The Balaban J connectivity index is 2.54. The van der Waals surface area contributed by atoms with Crippen LogP contribution in [0, 0.1) is 5.41 Å². The van der Waals surface area contributed by atoms with Crippen LogP contribution in [-0.2, 0) is 4.79 Å². The second-order valence-corrected chi connectivity index (χ2v) is 5.54. The number of aromatic nitrogens is 1. The van der Waals surface area contributed by atoms with Crippen LogP contribution < -0.4 is 15.8 Å². The Bertz CT molecular complexity index is 433. The molecule has 3 N–H and O–H groups in total. The summed E-state index contributed by atoms with van der Waals surface area (Å²) < 4.78 is 5.38. The molecular weight excluding hydrogens is 254 g/mol. The summed E-state index contributed by atoms with van der Waals surface area (Å²) in [6.45, 7) is 7.30. The number of rotatable bonds is 8. The van der Waals surface area contributed by atoms with Crippen LogP contribution in [-0.4, -0.2) is 24.0 Å². The van der Waals surface area contributed by atoms with Crippen LogP contribution in [0.5, 0.6) is 5.88 Å². The highest BCUT2D eigenvalue weighted by Crippen LogP contribution is 2.27. The number of nitrogens with two attached hydrogens (primary N) is 1. The average Bonchev–Trinajstić information content (AvgIpc) is 2.39. The van der Waals surface area contributed by atoms with Gasteiger partial charge in [-0.3, -0.25) is 4.79 Å². The van der Waals surface area contributed by atoms with Gasteiger partial charge in [-0.1, -0.05) is 13.8 Å². The predicted octanol–water partition coefficient (Wildman–Crippen LogP) is 2.57. The average molecular weight is 279 g/mol. The molecular formula is C15H25N3O2. The molecule has 0 radical (unpaired) electrons. The number of nitrogens with zero attached hydrogens (tertiary/aromatic N) is 1. The second-order valence-electron chi connectivity index (χ2n) is 5.54. The lowest BCUT2D eigenvalue weighted by Crippen LogP contribution is -2.21. The molecule has 0 unspecified atom stereocenters. The summed E-state index contributed by atoms with van der Waals surface area (Å²) >= 11 is 0. The van der Waals surface area contributed by atoms with E-state index in [1.54, 1.807) is 18.3 Å². The van der Waals surface area contributed by atoms with E-state index in [-0.39, 0.29) is 11.3 Å². The van der Waals surface area contributed by atoms with Gasteiger partial charge in [0.25, 0.3) is 0 Å². The van der Waals surface area contributed by atoms with Gasteiger partial charge in [0.2, 0.25) is 11.8 Å². The van der Waals surface area contributed by atoms with Crippen molar-refractivity contribution in [3.8, 4) is 5.88 Å². The number of carbonyl (C=O) groups excluding carboxylic acids is 1. The van der Waals surface area contributed by atoms with Crippen LogP contribution in [0.1, 0.15) is 40.0 Å². The van der Waals surface area contributed by atoms with Gasteiger partial charge >= 0.3 is 0 Å². The molecule has 5 heteroatoms. The number of hydrogen-bond donors (Lipinski definition) is 2. The zero-order chi connectivity index (χ0) is 15.0. The summed E-state index contributed by atoms with van der Waals surface area (Å²) in [5.41, 5.74) is 6.28. The van der Waals surface area contributed by atoms with Crippen molar-refractivity contribution >= 4 is 11.6 Å². The Morgan fingerprint density at radius 1 is 1.45 bits per heavy atom. The lowest BCUT2D eigenvalue weighted by Gasteiger charge is -2.23. The molecule has 0 fully saturated rings. The summed E-state index contributed by atoms with van der Waals surface area (Å²) in [5.74, 6) is 0.439. The lowest BCUT2D eigenvalue weighted by molar-refractivity contribution is -0.116. The molecule has 0 aliphatic carbocycles. The molecule has 1 aromatic heterocycles. The highest BCUT2D eigenvalue weighted by atomic mass is 16.5. The lowest BCUT2D eigenvalue weighted by atomic mass is 9.84. The van der Waals surface area contributed by atoms with Crippen LogP contribution in [0.15, 0.2) is 18.3 Å². The molecule has 5 nitrogen and oxygen atoms in total. The van der Waals surface area contributed by atoms with Crippen LogP contribution in [0.2, 0.25) is 0 Å². The molecule has 112 valence electrons. The van der Waals surface area contributed by atoms with Crippen LogP contribution in [0.4, 0.5) is 5.69 Å². The predicted molar refractivity (Wildman–Crippen MR) is 80.7 cm³/mol. The van der Waals surface area contributed by atoms with Crippen molar-refractivity contribution in [1.82, 2.24) is 4.98 Å². The standard InChI is InChI=1S/C15H25N3O2/c1-4-20-14-12(6-5-11-17-14)18-13(19)7-8-15(2,3)9-10-16/h5-6,11H,4,7-10,16H2,1-3H3,(H,18,19). The van der Waals surface area contributed by atoms with Crippen molar-refractivity contribution in [3.05, 3.63) is 18.3 Å². The number of amides is 1. The van der Waals surface area contributed by atoms with Gasteiger partial charge in [0.05, 0.1) is 6.61 Å². The molecule has 1 amide bonds. The molecule has 0 bridgehead atoms. The van der Waals surface area contributed by atoms with Crippen LogP contribution in [0.3, 0.4) is 0 Å². The molecule has 0 aromatic carbocycles. The summed E-state index contributed by atoms with van der Waals surface area (Å²) in [5, 5.41) is 2.85. The first kappa shape index (κ1) is 16.4. The number of carbonyl (C=O) groups is 1. The van der Waals surface area contributed by atoms with Gasteiger partial charge in [0.1, 0.15) is 5.69 Å². The first-order chi connectivity index (χ1) is 9.48. The zero-order valence-electron chi connectivity index (χ0n) is 12.6. The fourth-order valence-corrected chi connectivity index (χ4v) is 1.92. The van der Waals surface area contributed by atoms with Crippen molar-refractivity contribution in [2.24, 2.45) is 11.1 Å². The Morgan fingerprint density at radius 2 is 2.20 bits per heavy atom. The number of nitrogens with one attached hydrogen (secondary N) is 1. The van der Waals surface area contributed by atoms with E-state index >= 15 is 0 Å². The van der Waals surface area contributed by atoms with Crippen molar-refractivity contribution in [3.63, 3.8) is 0 Å². The number of anilines is 1. The second kappa shape index (κ2) is 7.85. The summed E-state index contributed by atoms with van der Waals surface area (Å²) in [6, 6.07) is 3.57. The van der Waals surface area contributed by atoms with E-state index in [1.165, 1.54) is 0 Å². The smallest absolute Gasteiger partial charge is 0.237 e. The molecule has 1 aromatic rings. The van der Waals surface area contributed by atoms with Gasteiger partial charge in [-0.25, -0.2) is 4.98 Å². The molecule has 0 spiro atoms. The third-order valence-corrected chi connectivity index (χ3v) is 3.18. The summed E-state index contributed by atoms with van der Waals surface area (Å²) in [4.78, 5) is 16.1. The van der Waals surface area contributed by atoms with E-state index in [0.717, 1.165) is 12.8 Å². The largest absolute Gasteiger partial charge is 0.476 e. The maximum atomic E-state index is 12.0. The van der Waals surface area contributed by atoms with Gasteiger partial charge in [0, 0.05) is 12.6 Å². The minimum Gasteiger partial charge on any atom is -0.476 e. The van der Waals surface area contributed by atoms with Crippen molar-refractivity contribution < 1.29 is 9.53 Å². The first-order valence-corrected chi connectivity index (χ1v) is 7.06. The number of hydrogen-bond acceptors (Lipinski definition) is 4. The Labute approximate surface area is 120 Å². The Morgan fingerprint density at radius 3 is 2.85 bits per heavy atom. The van der Waals surface area contributed by atoms with Gasteiger partial charge in [0.15, 0.2) is 0 Å². The number of pyridine rings is 1. The maximum Gasteiger partial charge on any atom is 0.237 e. The molecule has 0 saturated carbocycles. The van der Waals surface area contributed by atoms with E-state index in [2.05, 4.69) is 24.1 Å². The monoisotopic (exact) mass is 279 g/mol. The van der Waals surface area contributed by atoms with Gasteiger partial charge < -0.3 is 15.8 Å². The van der Waals surface area contributed by atoms with E-state index in [1.807, 2.05) is 6.92 Å². The van der Waals surface area contributed by atoms with Crippen LogP contribution in [0.25, 0.3) is 0 Å². The van der Waals surface area contributed by atoms with Gasteiger partial charge in [-0.2, -0.15) is 0 Å². The topological polar surface area (TPSA) is 77.2 Å². The maximum absolute atomic E-state index is 12.0. The van der Waals surface area contributed by atoms with Crippen molar-refractivity contribution in [2.75, 3.05) is 18.5 Å². The van der Waals surface area contributed by atoms with E-state index in [9.17, 15) is 4.79 Å². The zero-order valence-corrected chi connectivity index (χ0v) is 12.6. The Hall–Kier alpha value is -1.62. The SMILES string of the molecule is CCOc1ncccc1NC(=O)CCC(C)(C)CCN. The minimum absolute atomic E-state index is 0.0240. The molecule has 20 heavy (non-hydrogen) atoms. The van der Waals surface area contributed by atoms with Gasteiger partial charge in [-0.15, -0.1) is 0 Å². The molecule has 1 heterocycles. The third-order valence-electron chi connectivity index (χ3n) is 3.18. The van der Waals surface area contributed by atoms with E-state index in [4.69, 9.17) is 10.5 Å². The Kier molecular flexibility index (Phi) is 6.45. The summed E-state index contributed by atoms with van der Waals surface area (Å²) in [6.07, 6.45) is 3.83. The molecule has 0 atom stereocenters. The number of ether oxygens (including phenoxy) is 1. The summed E-state index contributed by atoms with van der Waals surface area (Å²) in [7, 11) is 0. The molecule has 0 aliphatic rings. The van der Waals surface area contributed by atoms with E-state index in [0.29, 0.717) is 31.1 Å². The molecule has 0 saturated heterocycles. The van der Waals surface area contributed by atoms with Crippen molar-refractivity contribution in [2.45, 2.75) is 40.0 Å². The van der Waals surface area contributed by atoms with Crippen LogP contribution >= 0.6 is 0 Å². The molecule has 1 rings (SSSR count). The quantitative estimate of drug-likeness (QED) is 0.766. The normalized spacial score (nSPS) is 11.2. The van der Waals surface area contributed by atoms with Crippen molar-refractivity contribution in [1.29, 1.82) is 0 Å². The minimum atomic E-state index is -0.0240. The third kappa shape index (κ3) is 5.57. The van der Waals surface area contributed by atoms with E-state index < -0.39 is 0 Å². The first-order valence-electron chi connectivity index (χ1n) is 7.06.